The predicted molar refractivity (Wildman–Crippen MR) is 90.4 cm³/mol. The van der Waals surface area contributed by atoms with Gasteiger partial charge in [-0.05, 0) is 44.0 Å². The summed E-state index contributed by atoms with van der Waals surface area (Å²) in [5.41, 5.74) is 1.20. The van der Waals surface area contributed by atoms with E-state index in [-0.39, 0.29) is 5.91 Å². The molecule has 0 saturated carbocycles. The molecule has 3 rings (SSSR count). The Morgan fingerprint density at radius 3 is 2.79 bits per heavy atom. The highest BCUT2D eigenvalue weighted by atomic mass is 32.1. The number of carbonyl (C=O) groups excluding carboxylic acids is 1. The first-order chi connectivity index (χ1) is 11.6. The number of nitrogens with zero attached hydrogens (tertiary/aromatic N) is 2. The summed E-state index contributed by atoms with van der Waals surface area (Å²) in [6.45, 7) is 3.00. The third-order valence-corrected chi connectivity index (χ3v) is 4.83. The van der Waals surface area contributed by atoms with Gasteiger partial charge in [-0.15, -0.1) is 11.3 Å². The van der Waals surface area contributed by atoms with Gasteiger partial charge < -0.3 is 14.7 Å². The summed E-state index contributed by atoms with van der Waals surface area (Å²) in [6.07, 6.45) is 1.20. The van der Waals surface area contributed by atoms with Crippen molar-refractivity contribution in [3.8, 4) is 16.3 Å². The summed E-state index contributed by atoms with van der Waals surface area (Å²) in [6, 6.07) is 6.78. The number of amides is 1. The Bertz CT molecular complexity index is 741. The average molecular weight is 346 g/mol. The second-order valence-corrected chi connectivity index (χ2v) is 6.35. The number of rotatable bonds is 5. The molecule has 0 radical (unpaired) electrons. The molecule has 1 saturated heterocycles. The Balaban J connectivity index is 1.77. The molecular formula is C17H18N2O4S. The number of aliphatic carboxylic acids is 1. The maximum atomic E-state index is 12.5. The second kappa shape index (κ2) is 7.00. The topological polar surface area (TPSA) is 79.7 Å². The monoisotopic (exact) mass is 346 g/mol. The van der Waals surface area contributed by atoms with E-state index >= 15 is 0 Å². The van der Waals surface area contributed by atoms with Gasteiger partial charge in [-0.1, -0.05) is 0 Å². The summed E-state index contributed by atoms with van der Waals surface area (Å²) in [4.78, 5) is 29.6. The number of hydrogen-bond donors (Lipinski definition) is 1. The van der Waals surface area contributed by atoms with Crippen molar-refractivity contribution in [1.82, 2.24) is 9.88 Å². The summed E-state index contributed by atoms with van der Waals surface area (Å²) in [5.74, 6) is -0.480. The third-order valence-electron chi connectivity index (χ3n) is 3.93. The van der Waals surface area contributed by atoms with Gasteiger partial charge in [0.1, 0.15) is 22.5 Å². The highest BCUT2D eigenvalue weighted by Gasteiger charge is 2.35. The van der Waals surface area contributed by atoms with Crippen LogP contribution in [-0.4, -0.2) is 46.1 Å². The van der Waals surface area contributed by atoms with Crippen LogP contribution in [0.25, 0.3) is 10.6 Å². The van der Waals surface area contributed by atoms with Crippen LogP contribution in [0.5, 0.6) is 5.75 Å². The number of benzene rings is 1. The van der Waals surface area contributed by atoms with Gasteiger partial charge in [0.2, 0.25) is 0 Å². The van der Waals surface area contributed by atoms with E-state index in [2.05, 4.69) is 4.98 Å². The van der Waals surface area contributed by atoms with Crippen molar-refractivity contribution in [2.24, 2.45) is 0 Å². The number of carboxylic acids is 1. The normalized spacial score (nSPS) is 17.0. The zero-order valence-electron chi connectivity index (χ0n) is 13.3. The lowest BCUT2D eigenvalue weighted by atomic mass is 10.2. The lowest BCUT2D eigenvalue weighted by Gasteiger charge is -2.20. The Morgan fingerprint density at radius 2 is 2.12 bits per heavy atom. The van der Waals surface area contributed by atoms with Crippen molar-refractivity contribution in [3.63, 3.8) is 0 Å². The molecule has 1 aliphatic rings. The van der Waals surface area contributed by atoms with Gasteiger partial charge in [0, 0.05) is 17.5 Å². The van der Waals surface area contributed by atoms with Gasteiger partial charge in [-0.3, -0.25) is 4.79 Å². The van der Waals surface area contributed by atoms with Crippen LogP contribution in [-0.2, 0) is 4.79 Å². The van der Waals surface area contributed by atoms with Crippen LogP contribution in [0, 0.1) is 0 Å². The molecule has 6 nitrogen and oxygen atoms in total. The molecule has 126 valence electrons. The van der Waals surface area contributed by atoms with E-state index in [1.165, 1.54) is 16.2 Å². The SMILES string of the molecule is CCOc1ccc(-c2nc(C(=O)N3CCC[C@@H]3C(=O)O)cs2)cc1. The molecule has 1 atom stereocenters. The average Bonchev–Trinajstić information content (AvgIpc) is 3.25. The van der Waals surface area contributed by atoms with Gasteiger partial charge in [-0.2, -0.15) is 0 Å². The maximum Gasteiger partial charge on any atom is 0.326 e. The molecule has 0 spiro atoms. The minimum absolute atomic E-state index is 0.303. The number of hydrogen-bond acceptors (Lipinski definition) is 5. The summed E-state index contributed by atoms with van der Waals surface area (Å²) < 4.78 is 5.41. The molecule has 0 unspecified atom stereocenters. The first-order valence-corrected chi connectivity index (χ1v) is 8.70. The Kier molecular flexibility index (Phi) is 4.80. The Labute approximate surface area is 143 Å². The van der Waals surface area contributed by atoms with Crippen LogP contribution in [0.2, 0.25) is 0 Å². The quantitative estimate of drug-likeness (QED) is 0.900. The van der Waals surface area contributed by atoms with Crippen molar-refractivity contribution < 1.29 is 19.4 Å². The van der Waals surface area contributed by atoms with E-state index in [9.17, 15) is 14.7 Å². The molecule has 0 bridgehead atoms. The van der Waals surface area contributed by atoms with Crippen LogP contribution < -0.4 is 4.74 Å². The van der Waals surface area contributed by atoms with Crippen LogP contribution in [0.1, 0.15) is 30.3 Å². The van der Waals surface area contributed by atoms with Crippen LogP contribution in [0.15, 0.2) is 29.6 Å². The number of ether oxygens (including phenoxy) is 1. The first kappa shape index (κ1) is 16.4. The van der Waals surface area contributed by atoms with E-state index in [1.807, 2.05) is 31.2 Å². The fourth-order valence-corrected chi connectivity index (χ4v) is 3.58. The summed E-state index contributed by atoms with van der Waals surface area (Å²) in [7, 11) is 0. The van der Waals surface area contributed by atoms with Crippen LogP contribution >= 0.6 is 11.3 Å². The number of carboxylic acid groups (broad SMARTS) is 1. The minimum Gasteiger partial charge on any atom is -0.494 e. The van der Waals surface area contributed by atoms with E-state index < -0.39 is 12.0 Å². The fraction of sp³-hybridized carbons (Fsp3) is 0.353. The van der Waals surface area contributed by atoms with E-state index in [0.717, 1.165) is 16.3 Å². The highest BCUT2D eigenvalue weighted by Crippen LogP contribution is 2.27. The minimum atomic E-state index is -0.956. The Morgan fingerprint density at radius 1 is 1.38 bits per heavy atom. The zero-order chi connectivity index (χ0) is 17.1. The number of aromatic nitrogens is 1. The molecule has 2 heterocycles. The number of carbonyl (C=O) groups is 2. The zero-order valence-corrected chi connectivity index (χ0v) is 14.1. The molecule has 1 fully saturated rings. The largest absolute Gasteiger partial charge is 0.494 e. The van der Waals surface area contributed by atoms with Gasteiger partial charge in [0.15, 0.2) is 0 Å². The molecule has 2 aromatic rings. The Hall–Kier alpha value is -2.41. The molecular weight excluding hydrogens is 328 g/mol. The van der Waals surface area contributed by atoms with Gasteiger partial charge in [0.25, 0.3) is 5.91 Å². The molecule has 1 aliphatic heterocycles. The van der Waals surface area contributed by atoms with Gasteiger partial charge in [0.05, 0.1) is 6.61 Å². The lowest BCUT2D eigenvalue weighted by Crippen LogP contribution is -2.40. The van der Waals surface area contributed by atoms with Crippen LogP contribution in [0.3, 0.4) is 0 Å². The van der Waals surface area contributed by atoms with Gasteiger partial charge in [-0.25, -0.2) is 9.78 Å². The summed E-state index contributed by atoms with van der Waals surface area (Å²) >= 11 is 1.37. The van der Waals surface area contributed by atoms with E-state index in [1.54, 1.807) is 5.38 Å². The lowest BCUT2D eigenvalue weighted by molar-refractivity contribution is -0.141. The smallest absolute Gasteiger partial charge is 0.326 e. The van der Waals surface area contributed by atoms with Crippen LogP contribution in [0.4, 0.5) is 0 Å². The van der Waals surface area contributed by atoms with Crippen molar-refractivity contribution in [3.05, 3.63) is 35.3 Å². The van der Waals surface area contributed by atoms with Crippen molar-refractivity contribution >= 4 is 23.2 Å². The highest BCUT2D eigenvalue weighted by molar-refractivity contribution is 7.13. The first-order valence-electron chi connectivity index (χ1n) is 7.82. The van der Waals surface area contributed by atoms with Gasteiger partial charge >= 0.3 is 5.97 Å². The van der Waals surface area contributed by atoms with E-state index in [0.29, 0.717) is 31.7 Å². The fourth-order valence-electron chi connectivity index (χ4n) is 2.78. The van der Waals surface area contributed by atoms with Crippen molar-refractivity contribution in [1.29, 1.82) is 0 Å². The molecule has 24 heavy (non-hydrogen) atoms. The second-order valence-electron chi connectivity index (χ2n) is 5.49. The van der Waals surface area contributed by atoms with E-state index in [4.69, 9.17) is 4.74 Å². The molecule has 1 amide bonds. The maximum absolute atomic E-state index is 12.5. The summed E-state index contributed by atoms with van der Waals surface area (Å²) in [5, 5.41) is 11.6. The molecule has 1 aromatic carbocycles. The van der Waals surface area contributed by atoms with Crippen molar-refractivity contribution in [2.75, 3.05) is 13.2 Å². The van der Waals surface area contributed by atoms with Crippen molar-refractivity contribution in [2.45, 2.75) is 25.8 Å². The third kappa shape index (κ3) is 3.26. The number of likely N-dealkylation sites (tertiary alicyclic amines) is 1. The molecule has 0 aliphatic carbocycles. The number of thiazole rings is 1. The standard InChI is InChI=1S/C17H18N2O4S/c1-2-23-12-7-5-11(6-8-12)15-18-13(10-24-15)16(20)19-9-3-4-14(19)17(21)22/h5-8,10,14H,2-4,9H2,1H3,(H,21,22)/t14-/m1/s1. The predicted octanol–water partition coefficient (Wildman–Crippen LogP) is 2.90. The molecule has 1 aromatic heterocycles. The molecule has 7 heteroatoms. The molecule has 1 N–H and O–H groups in total.